The highest BCUT2D eigenvalue weighted by Gasteiger charge is 2.54. The molecule has 1 saturated carbocycles. The number of anilines is 6. The summed E-state index contributed by atoms with van der Waals surface area (Å²) in [4.78, 5) is 4.78. The molecule has 3 aliphatic carbocycles. The Bertz CT molecular complexity index is 3520. The maximum Gasteiger partial charge on any atom is 0.257 e. The van der Waals surface area contributed by atoms with Crippen molar-refractivity contribution in [3.63, 3.8) is 0 Å². The van der Waals surface area contributed by atoms with Gasteiger partial charge in [0.15, 0.2) is 0 Å². The lowest BCUT2D eigenvalue weighted by molar-refractivity contribution is 0.332. The standard InChI is InChI=1S/C63H69BN2O/c1-37-28-42(59(6,7)8)29-38(2)56(37)66-50-23-20-41(58(3,4)5)32-49(50)64-54-44-34-47-48(63(14)27-26-62(47,13)36-63)35-53(44)67-57(54)65(43-21-22-45-46(33-43)61(11,12)25-24-60(45,9)10)51-30-40(31-52(66)55(51)64)39-18-16-15-17-19-39/h15-23,28-35H,24-27,36H2,1-14H3/i15D,16D,17D,18D,19D. The van der Waals surface area contributed by atoms with Crippen molar-refractivity contribution < 1.29 is 11.3 Å². The predicted octanol–water partition coefficient (Wildman–Crippen LogP) is 15.5. The topological polar surface area (TPSA) is 19.6 Å². The number of fused-ring (bicyclic) bond motifs is 12. The van der Waals surface area contributed by atoms with E-state index in [1.165, 1.54) is 51.7 Å². The molecule has 12 rings (SSSR count). The van der Waals surface area contributed by atoms with Crippen molar-refractivity contribution in [1.82, 2.24) is 0 Å². The molecule has 5 aliphatic rings. The molecule has 2 atom stereocenters. The number of nitrogens with zero attached hydrogens (tertiary/aromatic N) is 2. The summed E-state index contributed by atoms with van der Waals surface area (Å²) in [6.07, 6.45) is 5.65. The second kappa shape index (κ2) is 13.6. The van der Waals surface area contributed by atoms with E-state index in [1.54, 1.807) is 0 Å². The number of benzene rings is 6. The summed E-state index contributed by atoms with van der Waals surface area (Å²) in [6, 6.07) is 26.3. The van der Waals surface area contributed by atoms with E-state index in [1.807, 2.05) is 0 Å². The molecular weight excluding hydrogens is 812 g/mol. The lowest BCUT2D eigenvalue weighted by Gasteiger charge is -2.45. The van der Waals surface area contributed by atoms with Gasteiger partial charge in [-0.1, -0.05) is 144 Å². The molecule has 67 heavy (non-hydrogen) atoms. The van der Waals surface area contributed by atoms with E-state index in [4.69, 9.17) is 8.53 Å². The maximum absolute atomic E-state index is 9.46. The number of furan rings is 1. The Morgan fingerprint density at radius 3 is 1.82 bits per heavy atom. The molecule has 0 amide bonds. The summed E-state index contributed by atoms with van der Waals surface area (Å²) in [7, 11) is 0. The number of hydrogen-bond acceptors (Lipinski definition) is 3. The van der Waals surface area contributed by atoms with Gasteiger partial charge in [0.2, 0.25) is 5.88 Å². The molecule has 0 spiro atoms. The Labute approximate surface area is 408 Å². The van der Waals surface area contributed by atoms with E-state index in [9.17, 15) is 2.74 Å². The van der Waals surface area contributed by atoms with Crippen LogP contribution in [0, 0.1) is 13.8 Å². The van der Waals surface area contributed by atoms with Crippen molar-refractivity contribution in [2.24, 2.45) is 0 Å². The summed E-state index contributed by atoms with van der Waals surface area (Å²) in [5.41, 5.74) is 20.2. The highest BCUT2D eigenvalue weighted by molar-refractivity contribution is 7.01. The van der Waals surface area contributed by atoms with Crippen LogP contribution in [0.25, 0.3) is 22.1 Å². The maximum atomic E-state index is 9.46. The molecule has 2 aliphatic heterocycles. The van der Waals surface area contributed by atoms with Crippen molar-refractivity contribution in [3.05, 3.63) is 148 Å². The monoisotopic (exact) mass is 886 g/mol. The van der Waals surface area contributed by atoms with Crippen molar-refractivity contribution >= 4 is 68.4 Å². The van der Waals surface area contributed by atoms with Crippen molar-refractivity contribution in [2.75, 3.05) is 9.80 Å². The summed E-state index contributed by atoms with van der Waals surface area (Å²) < 4.78 is 53.0. The fraction of sp³-hybridized carbons (Fsp3) is 0.397. The van der Waals surface area contributed by atoms with Gasteiger partial charge in [0, 0.05) is 33.6 Å². The molecule has 340 valence electrons. The third kappa shape index (κ3) is 6.09. The van der Waals surface area contributed by atoms with Crippen molar-refractivity contribution in [1.29, 1.82) is 0 Å². The molecule has 7 aromatic rings. The summed E-state index contributed by atoms with van der Waals surface area (Å²) in [5.74, 6) is 0.772. The highest BCUT2D eigenvalue weighted by Crippen LogP contribution is 2.62. The van der Waals surface area contributed by atoms with Crippen LogP contribution in [0.15, 0.2) is 107 Å². The van der Waals surface area contributed by atoms with Crippen molar-refractivity contribution in [3.8, 4) is 11.1 Å². The second-order valence-electron chi connectivity index (χ2n) is 25.3. The van der Waals surface area contributed by atoms with Crippen molar-refractivity contribution in [2.45, 2.75) is 162 Å². The largest absolute Gasteiger partial charge is 0.440 e. The van der Waals surface area contributed by atoms with Crippen LogP contribution in [0.3, 0.4) is 0 Å². The van der Waals surface area contributed by atoms with Gasteiger partial charge in [0.05, 0.1) is 12.5 Å². The van der Waals surface area contributed by atoms with Crippen LogP contribution in [-0.2, 0) is 32.5 Å². The van der Waals surface area contributed by atoms with Gasteiger partial charge in [0.25, 0.3) is 6.71 Å². The summed E-state index contributed by atoms with van der Waals surface area (Å²) >= 11 is 0. The lowest BCUT2D eigenvalue weighted by atomic mass is 9.33. The second-order valence-corrected chi connectivity index (χ2v) is 25.3. The first-order chi connectivity index (χ1) is 33.5. The first-order valence-corrected chi connectivity index (χ1v) is 24.9. The summed E-state index contributed by atoms with van der Waals surface area (Å²) in [6.45, 7) is 32.2. The van der Waals surface area contributed by atoms with E-state index >= 15 is 0 Å². The SMILES string of the molecule is [2H]c1c([2H])c([2H])c(-c2cc3c4c(c2)N(c2c(C)cc(C(C)(C)C)cc2C)c2ccc(C(C)(C)C)cc2B4c2c(oc4cc5c(cc24)C2(C)CCC5(C)C2)N3c2ccc3c(c2)C(C)(C)CCC3(C)C)c([2H])c1[2H]. The van der Waals surface area contributed by atoms with Gasteiger partial charge in [-0.15, -0.1) is 0 Å². The first kappa shape index (κ1) is 37.5. The van der Waals surface area contributed by atoms with E-state index in [0.717, 1.165) is 86.6 Å². The van der Waals surface area contributed by atoms with Crippen LogP contribution >= 0.6 is 0 Å². The normalized spacial score (nSPS) is 22.9. The van der Waals surface area contributed by atoms with Gasteiger partial charge in [-0.25, -0.2) is 0 Å². The molecule has 6 aromatic carbocycles. The Balaban J connectivity index is 1.27. The van der Waals surface area contributed by atoms with Gasteiger partial charge >= 0.3 is 0 Å². The van der Waals surface area contributed by atoms with E-state index in [-0.39, 0.29) is 68.9 Å². The van der Waals surface area contributed by atoms with Gasteiger partial charge in [-0.05, 0) is 187 Å². The van der Waals surface area contributed by atoms with Gasteiger partial charge in [-0.2, -0.15) is 0 Å². The van der Waals surface area contributed by atoms with Crippen LogP contribution in [0.1, 0.15) is 167 Å². The molecular formula is C63H69BN2O. The molecule has 3 heterocycles. The van der Waals surface area contributed by atoms with Crippen LogP contribution in [-0.4, -0.2) is 6.71 Å². The molecule has 1 aromatic heterocycles. The zero-order chi connectivity index (χ0) is 51.5. The zero-order valence-corrected chi connectivity index (χ0v) is 42.3. The van der Waals surface area contributed by atoms with E-state index < -0.39 is 6.04 Å². The van der Waals surface area contributed by atoms with E-state index in [0.29, 0.717) is 5.56 Å². The lowest BCUT2D eigenvalue weighted by Crippen LogP contribution is -2.61. The fourth-order valence-electron chi connectivity index (χ4n) is 13.6. The van der Waals surface area contributed by atoms with Gasteiger partial charge in [-0.3, -0.25) is 4.90 Å². The molecule has 0 radical (unpaired) electrons. The minimum absolute atomic E-state index is 0.000342. The number of aryl methyl sites for hydroxylation is 2. The zero-order valence-electron chi connectivity index (χ0n) is 47.3. The number of rotatable bonds is 3. The first-order valence-electron chi connectivity index (χ1n) is 27.4. The number of hydrogen-bond donors (Lipinski definition) is 0. The smallest absolute Gasteiger partial charge is 0.257 e. The summed E-state index contributed by atoms with van der Waals surface area (Å²) in [5, 5.41) is 1.14. The Kier molecular flexibility index (Phi) is 7.62. The van der Waals surface area contributed by atoms with Gasteiger partial charge in [0.1, 0.15) is 5.58 Å². The molecule has 2 unspecified atom stereocenters. The molecule has 1 fully saturated rings. The van der Waals surface area contributed by atoms with E-state index in [2.05, 4.69) is 180 Å². The Morgan fingerprint density at radius 1 is 0.567 bits per heavy atom. The quantitative estimate of drug-likeness (QED) is 0.165. The molecule has 2 bridgehead atoms. The Hall–Kier alpha value is -5.48. The average Bonchev–Trinajstić information content (AvgIpc) is 3.91. The van der Waals surface area contributed by atoms with Crippen LogP contribution < -0.4 is 26.2 Å². The Morgan fingerprint density at radius 2 is 1.18 bits per heavy atom. The predicted molar refractivity (Wildman–Crippen MR) is 286 cm³/mol. The highest BCUT2D eigenvalue weighted by atomic mass is 16.4. The fourth-order valence-corrected chi connectivity index (χ4v) is 13.6. The molecule has 3 nitrogen and oxygen atoms in total. The van der Waals surface area contributed by atoms with Crippen LogP contribution in [0.2, 0.25) is 0 Å². The third-order valence-electron chi connectivity index (χ3n) is 17.5. The molecule has 0 saturated heterocycles. The minimum atomic E-state index is -0.403. The van der Waals surface area contributed by atoms with Crippen LogP contribution in [0.4, 0.5) is 34.3 Å². The molecule has 4 heteroatoms. The van der Waals surface area contributed by atoms with Gasteiger partial charge < -0.3 is 9.32 Å². The molecule has 0 N–H and O–H groups in total. The van der Waals surface area contributed by atoms with Crippen LogP contribution in [0.5, 0.6) is 0 Å². The third-order valence-corrected chi connectivity index (χ3v) is 17.5. The average molecular weight is 886 g/mol. The minimum Gasteiger partial charge on any atom is -0.440 e.